The number of imidazole rings is 1. The molecule has 2 aromatic heterocycles. The van der Waals surface area contributed by atoms with E-state index >= 15 is 0 Å². The third-order valence-electron chi connectivity index (χ3n) is 12.4. The number of phenols is 1. The highest BCUT2D eigenvalue weighted by atomic mass is 16.3. The number of hydrogen-bond donors (Lipinski definition) is 1. The van der Waals surface area contributed by atoms with Crippen molar-refractivity contribution in [2.75, 3.05) is 0 Å². The van der Waals surface area contributed by atoms with Gasteiger partial charge in [-0.25, -0.2) is 4.98 Å². The van der Waals surface area contributed by atoms with E-state index in [0.717, 1.165) is 89.2 Å². The second-order valence-electron chi connectivity index (χ2n) is 18.0. The summed E-state index contributed by atoms with van der Waals surface area (Å²) in [6.07, 6.45) is 1.88. The van der Waals surface area contributed by atoms with Crippen LogP contribution in [0.15, 0.2) is 194 Å². The molecule has 316 valence electrons. The van der Waals surface area contributed by atoms with Gasteiger partial charge >= 0.3 is 0 Å². The molecule has 4 nitrogen and oxygen atoms in total. The average molecular weight is 845 g/mol. The second-order valence-corrected chi connectivity index (χ2v) is 18.0. The zero-order chi connectivity index (χ0) is 47.3. The van der Waals surface area contributed by atoms with Crippen LogP contribution in [0.1, 0.15) is 47.1 Å². The van der Waals surface area contributed by atoms with Crippen molar-refractivity contribution >= 4 is 11.0 Å². The van der Waals surface area contributed by atoms with Gasteiger partial charge in [0.05, 0.1) is 28.0 Å². The number of nitrogens with zero attached hydrogens (tertiary/aromatic N) is 3. The summed E-state index contributed by atoms with van der Waals surface area (Å²) in [6.45, 7) is 8.12. The average Bonchev–Trinajstić information content (AvgIpc) is 3.74. The maximum absolute atomic E-state index is 11.9. The van der Waals surface area contributed by atoms with Crippen LogP contribution in [0.25, 0.3) is 95.0 Å². The van der Waals surface area contributed by atoms with Gasteiger partial charge in [-0.2, -0.15) is 0 Å². The molecule has 0 amide bonds. The summed E-state index contributed by atoms with van der Waals surface area (Å²) in [6, 6.07) is 64.1. The summed E-state index contributed by atoms with van der Waals surface area (Å²) in [7, 11) is 0. The molecule has 4 heteroatoms. The Hall–Kier alpha value is -7.82. The van der Waals surface area contributed by atoms with Gasteiger partial charge in [0.25, 0.3) is 0 Å². The van der Waals surface area contributed by atoms with Crippen molar-refractivity contribution < 1.29 is 9.22 Å². The van der Waals surface area contributed by atoms with Crippen molar-refractivity contribution in [1.29, 1.82) is 0 Å². The summed E-state index contributed by atoms with van der Waals surface area (Å²) >= 11 is 0. The Morgan fingerprint density at radius 2 is 1.11 bits per heavy atom. The first kappa shape index (κ1) is 37.7. The molecule has 0 saturated carbocycles. The lowest BCUT2D eigenvalue weighted by molar-refractivity contribution is 0.472. The van der Waals surface area contributed by atoms with Crippen LogP contribution >= 0.6 is 0 Å². The second kappa shape index (κ2) is 16.7. The van der Waals surface area contributed by atoms with Crippen LogP contribution in [0.5, 0.6) is 5.75 Å². The molecule has 0 fully saturated rings. The van der Waals surface area contributed by atoms with Crippen molar-refractivity contribution in [2.45, 2.75) is 46.9 Å². The third-order valence-corrected chi connectivity index (χ3v) is 12.4. The molecule has 2 heterocycles. The van der Waals surface area contributed by atoms with Gasteiger partial charge in [0.15, 0.2) is 0 Å². The summed E-state index contributed by atoms with van der Waals surface area (Å²) < 4.78 is 27.4. The summed E-state index contributed by atoms with van der Waals surface area (Å²) in [5.74, 6) is 0.677. The van der Waals surface area contributed by atoms with Crippen LogP contribution in [-0.2, 0) is 5.41 Å². The van der Waals surface area contributed by atoms with E-state index in [-0.39, 0.29) is 16.7 Å². The number of rotatable bonds is 8. The quantitative estimate of drug-likeness (QED) is 0.166. The zero-order valence-electron chi connectivity index (χ0n) is 40.3. The Kier molecular flexibility index (Phi) is 9.69. The number of fused-ring (bicyclic) bond motifs is 1. The Morgan fingerprint density at radius 1 is 0.492 bits per heavy atom. The molecule has 0 radical (unpaired) electrons. The van der Waals surface area contributed by atoms with Gasteiger partial charge in [-0.15, -0.1) is 0 Å². The topological polar surface area (TPSA) is 50.9 Å². The van der Waals surface area contributed by atoms with E-state index in [2.05, 4.69) is 165 Å². The number of pyridine rings is 1. The lowest BCUT2D eigenvalue weighted by Gasteiger charge is -2.20. The van der Waals surface area contributed by atoms with Crippen LogP contribution in [-0.4, -0.2) is 19.6 Å². The lowest BCUT2D eigenvalue weighted by atomic mass is 9.86. The van der Waals surface area contributed by atoms with Crippen molar-refractivity contribution in [3.8, 4) is 89.7 Å². The first-order chi connectivity index (χ1) is 32.7. The molecule has 0 aliphatic carbocycles. The minimum absolute atomic E-state index is 0.0712. The fraction of sp³-hybridized carbons (Fsp3) is 0.115. The Bertz CT molecular complexity index is 3480. The van der Waals surface area contributed by atoms with Gasteiger partial charge in [-0.3, -0.25) is 9.55 Å². The van der Waals surface area contributed by atoms with Gasteiger partial charge in [0, 0.05) is 27.0 Å². The molecule has 0 aliphatic heterocycles. The number of benzene rings is 8. The molecule has 0 bridgehead atoms. The largest absolute Gasteiger partial charge is 0.507 e. The van der Waals surface area contributed by atoms with E-state index in [9.17, 15) is 5.11 Å². The van der Waals surface area contributed by atoms with Crippen LogP contribution in [0.3, 0.4) is 0 Å². The number of hydrogen-bond acceptors (Lipinski definition) is 3. The van der Waals surface area contributed by atoms with Crippen LogP contribution < -0.4 is 0 Å². The highest BCUT2D eigenvalue weighted by Gasteiger charge is 2.24. The molecule has 0 spiro atoms. The fourth-order valence-electron chi connectivity index (χ4n) is 8.98. The predicted octanol–water partition coefficient (Wildman–Crippen LogP) is 16.0. The minimum Gasteiger partial charge on any atom is -0.507 e. The van der Waals surface area contributed by atoms with Gasteiger partial charge in [0.2, 0.25) is 0 Å². The number of aromatic hydroxyl groups is 1. The molecule has 0 aliphatic rings. The molecular formula is C61H51N3O. The molecule has 8 aromatic carbocycles. The molecule has 10 rings (SSSR count). The molecule has 1 N–H and O–H groups in total. The molecule has 10 aromatic rings. The Labute approximate surface area is 386 Å². The van der Waals surface area contributed by atoms with Crippen molar-refractivity contribution in [1.82, 2.24) is 14.5 Å². The Morgan fingerprint density at radius 3 is 1.80 bits per heavy atom. The first-order valence-corrected chi connectivity index (χ1v) is 22.1. The van der Waals surface area contributed by atoms with Gasteiger partial charge in [-0.05, 0) is 142 Å². The SMILES string of the molecule is [2H]C([2H])([2H])c1ccc(-n2c(-c3cc(C)cc(C)c3O)nc3c(-c4cc(-c5ccccc5)cc(-c5cc(-c6ccc(-c7ccccc7)cc6)ccn5)c4)cccc32)c(-c2ccc(C(C)(C)C)cc2)c1. The number of para-hydroxylation sites is 1. The van der Waals surface area contributed by atoms with Crippen LogP contribution in [0.2, 0.25) is 0 Å². The van der Waals surface area contributed by atoms with Gasteiger partial charge < -0.3 is 5.11 Å². The highest BCUT2D eigenvalue weighted by Crippen LogP contribution is 2.43. The zero-order valence-corrected chi connectivity index (χ0v) is 37.3. The molecule has 65 heavy (non-hydrogen) atoms. The van der Waals surface area contributed by atoms with Crippen molar-refractivity contribution in [2.24, 2.45) is 0 Å². The molecule has 0 unspecified atom stereocenters. The molecular weight excluding hydrogens is 791 g/mol. The normalized spacial score (nSPS) is 12.5. The maximum Gasteiger partial charge on any atom is 0.149 e. The number of aromatic nitrogens is 3. The summed E-state index contributed by atoms with van der Waals surface area (Å²) in [5.41, 5.74) is 17.7. The van der Waals surface area contributed by atoms with E-state index in [1.54, 1.807) is 12.1 Å². The van der Waals surface area contributed by atoms with Crippen LogP contribution in [0.4, 0.5) is 0 Å². The van der Waals surface area contributed by atoms with E-state index in [4.69, 9.17) is 14.1 Å². The van der Waals surface area contributed by atoms with Crippen molar-refractivity contribution in [3.05, 3.63) is 217 Å². The summed E-state index contributed by atoms with van der Waals surface area (Å²) in [4.78, 5) is 10.4. The van der Waals surface area contributed by atoms with E-state index in [1.165, 1.54) is 11.1 Å². The molecule has 0 saturated heterocycles. The van der Waals surface area contributed by atoms with Crippen molar-refractivity contribution in [3.63, 3.8) is 0 Å². The number of aryl methyl sites for hydroxylation is 3. The van der Waals surface area contributed by atoms with Crippen LogP contribution in [0, 0.1) is 20.7 Å². The third kappa shape index (κ3) is 8.04. The fourth-order valence-corrected chi connectivity index (χ4v) is 8.98. The minimum atomic E-state index is -2.33. The van der Waals surface area contributed by atoms with Gasteiger partial charge in [0.1, 0.15) is 11.6 Å². The maximum atomic E-state index is 11.9. The van der Waals surface area contributed by atoms with E-state index in [0.29, 0.717) is 11.4 Å². The number of phenolic OH excluding ortho intramolecular Hbond substituents is 1. The van der Waals surface area contributed by atoms with Gasteiger partial charge in [-0.1, -0.05) is 160 Å². The Balaban J connectivity index is 1.19. The first-order valence-electron chi connectivity index (χ1n) is 23.6. The monoisotopic (exact) mass is 844 g/mol. The predicted molar refractivity (Wildman–Crippen MR) is 271 cm³/mol. The summed E-state index contributed by atoms with van der Waals surface area (Å²) in [5, 5.41) is 11.9. The smallest absolute Gasteiger partial charge is 0.149 e. The highest BCUT2D eigenvalue weighted by molar-refractivity contribution is 5.98. The lowest BCUT2D eigenvalue weighted by Crippen LogP contribution is -2.10. The molecule has 0 atom stereocenters. The standard InChI is InChI=1S/C61H51N3O/c1-39-20-29-56(53(33-39)46-25-27-51(28-26-46)61(4,5)6)64-57-19-13-18-52(58(57)63-60(64)54-34-40(2)32-41(3)59(54)65)49-35-48(43-16-11-8-12-17-43)36-50(37-49)55-38-47(30-31-62-55)45-23-21-44(22-24-45)42-14-9-7-10-15-42/h7-38,65H,1-6H3/i1D3. The van der Waals surface area contributed by atoms with E-state index < -0.39 is 6.85 Å². The van der Waals surface area contributed by atoms with E-state index in [1.807, 2.05) is 56.4 Å².